The molecule has 1 aromatic carbocycles. The van der Waals surface area contributed by atoms with E-state index in [-0.39, 0.29) is 0 Å². The highest BCUT2D eigenvalue weighted by Gasteiger charge is 1.75. The van der Waals surface area contributed by atoms with Gasteiger partial charge in [-0.2, -0.15) is 0 Å². The zero-order chi connectivity index (χ0) is 11.5. The summed E-state index contributed by atoms with van der Waals surface area (Å²) in [6.45, 7) is 12.7. The average molecular weight is 198 g/mol. The van der Waals surface area contributed by atoms with Gasteiger partial charge in [-0.05, 0) is 12.5 Å². The summed E-state index contributed by atoms with van der Waals surface area (Å²) in [6, 6.07) is 10.0. The molecule has 0 spiro atoms. The summed E-state index contributed by atoms with van der Waals surface area (Å²) in [5.74, 6) is 0. The van der Waals surface area contributed by atoms with Crippen LogP contribution in [0, 0.1) is 0 Å². The first-order chi connectivity index (χ1) is 7.20. The van der Waals surface area contributed by atoms with Gasteiger partial charge in [0.2, 0.25) is 0 Å². The summed E-state index contributed by atoms with van der Waals surface area (Å²) >= 11 is 0. The normalized spacial score (nSPS) is 8.87. The summed E-state index contributed by atoms with van der Waals surface area (Å²) < 4.78 is 0. The number of allylic oxidation sites excluding steroid dienone is 4. The van der Waals surface area contributed by atoms with Gasteiger partial charge in [0.25, 0.3) is 0 Å². The highest BCUT2D eigenvalue weighted by Crippen LogP contribution is 1.97. The number of benzene rings is 1. The quantitative estimate of drug-likeness (QED) is 0.621. The number of rotatable bonds is 3. The van der Waals surface area contributed by atoms with Crippen molar-refractivity contribution >= 4 is 6.08 Å². The maximum Gasteiger partial charge on any atom is -0.0263 e. The van der Waals surface area contributed by atoms with Crippen LogP contribution >= 0.6 is 0 Å². The summed E-state index contributed by atoms with van der Waals surface area (Å²) in [7, 11) is 0. The lowest BCUT2D eigenvalue weighted by Crippen LogP contribution is -1.63. The first kappa shape index (κ1) is 13.2. The van der Waals surface area contributed by atoms with Crippen molar-refractivity contribution in [1.82, 2.24) is 0 Å². The second-order valence-electron chi connectivity index (χ2n) is 3.06. The molecule has 0 amide bonds. The molecule has 0 heteroatoms. The van der Waals surface area contributed by atoms with E-state index in [1.54, 1.807) is 6.08 Å². The van der Waals surface area contributed by atoms with Crippen LogP contribution in [-0.2, 0) is 0 Å². The summed E-state index contributed by atoms with van der Waals surface area (Å²) in [4.78, 5) is 0. The zero-order valence-electron chi connectivity index (χ0n) is 9.32. The third-order valence-electron chi connectivity index (χ3n) is 1.55. The molecule has 0 saturated carbocycles. The average Bonchev–Trinajstić information content (AvgIpc) is 2.28. The van der Waals surface area contributed by atoms with Crippen molar-refractivity contribution in [1.29, 1.82) is 0 Å². The molecule has 0 bridgehead atoms. The molecule has 0 N–H and O–H groups in total. The second kappa shape index (κ2) is 8.76. The van der Waals surface area contributed by atoms with Gasteiger partial charge in [0.15, 0.2) is 0 Å². The van der Waals surface area contributed by atoms with E-state index in [0.717, 1.165) is 5.57 Å². The van der Waals surface area contributed by atoms with Crippen LogP contribution in [0.3, 0.4) is 0 Å². The van der Waals surface area contributed by atoms with Crippen LogP contribution in [0.15, 0.2) is 73.9 Å². The van der Waals surface area contributed by atoms with Crippen molar-refractivity contribution < 1.29 is 0 Å². The standard InChI is InChI=1S/C8H8.C7H10/c1-2-8-6-4-3-5-7-8;1-4-5-6-7(2)3/h2-7H,1H2;4-6H,1-2H2,3H3. The van der Waals surface area contributed by atoms with E-state index in [9.17, 15) is 0 Å². The molecule has 0 atom stereocenters. The van der Waals surface area contributed by atoms with E-state index in [4.69, 9.17) is 0 Å². The van der Waals surface area contributed by atoms with E-state index in [0.29, 0.717) is 0 Å². The van der Waals surface area contributed by atoms with E-state index < -0.39 is 0 Å². The Bertz CT molecular complexity index is 328. The van der Waals surface area contributed by atoms with Crippen molar-refractivity contribution in [3.05, 3.63) is 79.4 Å². The highest BCUT2D eigenvalue weighted by atomic mass is 13.8. The molecule has 0 heterocycles. The molecule has 0 aromatic heterocycles. The minimum Gasteiger partial charge on any atom is -0.0991 e. The van der Waals surface area contributed by atoms with Crippen LogP contribution in [0.5, 0.6) is 0 Å². The van der Waals surface area contributed by atoms with Crippen molar-refractivity contribution in [2.75, 3.05) is 0 Å². The second-order valence-corrected chi connectivity index (χ2v) is 3.06. The monoisotopic (exact) mass is 198 g/mol. The van der Waals surface area contributed by atoms with Crippen molar-refractivity contribution in [2.45, 2.75) is 6.92 Å². The molecule has 0 radical (unpaired) electrons. The van der Waals surface area contributed by atoms with Gasteiger partial charge in [-0.1, -0.05) is 79.9 Å². The van der Waals surface area contributed by atoms with E-state index in [1.165, 1.54) is 5.56 Å². The maximum absolute atomic E-state index is 3.66. The molecule has 15 heavy (non-hydrogen) atoms. The van der Waals surface area contributed by atoms with Crippen LogP contribution in [0.4, 0.5) is 0 Å². The summed E-state index contributed by atoms with van der Waals surface area (Å²) in [6.07, 6.45) is 7.34. The minimum atomic E-state index is 1.06. The molecule has 0 saturated heterocycles. The van der Waals surface area contributed by atoms with Crippen molar-refractivity contribution in [3.63, 3.8) is 0 Å². The first-order valence-electron chi connectivity index (χ1n) is 4.82. The molecule has 78 valence electrons. The fourth-order valence-electron chi connectivity index (χ4n) is 0.821. The molecule has 0 unspecified atom stereocenters. The molecule has 0 nitrogen and oxygen atoms in total. The largest absolute Gasteiger partial charge is 0.0991 e. The van der Waals surface area contributed by atoms with E-state index >= 15 is 0 Å². The Morgan fingerprint density at radius 2 is 1.73 bits per heavy atom. The lowest BCUT2D eigenvalue weighted by atomic mass is 10.2. The maximum atomic E-state index is 3.66. The third kappa shape index (κ3) is 8.51. The van der Waals surface area contributed by atoms with Gasteiger partial charge in [-0.3, -0.25) is 0 Å². The predicted molar refractivity (Wildman–Crippen MR) is 70.7 cm³/mol. The fourth-order valence-corrected chi connectivity index (χ4v) is 0.821. The lowest BCUT2D eigenvalue weighted by molar-refractivity contribution is 1.56. The Hall–Kier alpha value is -1.82. The summed E-state index contributed by atoms with van der Waals surface area (Å²) in [5, 5.41) is 0. The molecule has 0 aliphatic rings. The molecule has 0 aliphatic heterocycles. The molecule has 0 fully saturated rings. The van der Waals surface area contributed by atoms with Crippen molar-refractivity contribution in [3.8, 4) is 0 Å². The van der Waals surface area contributed by atoms with Gasteiger partial charge in [-0.25, -0.2) is 0 Å². The zero-order valence-corrected chi connectivity index (χ0v) is 9.32. The number of hydrogen-bond acceptors (Lipinski definition) is 0. The lowest BCUT2D eigenvalue weighted by Gasteiger charge is -1.85. The molecule has 1 aromatic rings. The van der Waals surface area contributed by atoms with Crippen LogP contribution < -0.4 is 0 Å². The van der Waals surface area contributed by atoms with Gasteiger partial charge in [0, 0.05) is 0 Å². The van der Waals surface area contributed by atoms with E-state index in [1.807, 2.05) is 55.5 Å². The summed E-state index contributed by atoms with van der Waals surface area (Å²) in [5.41, 5.74) is 2.23. The fraction of sp³-hybridized carbons (Fsp3) is 0.0667. The van der Waals surface area contributed by atoms with E-state index in [2.05, 4.69) is 19.7 Å². The van der Waals surface area contributed by atoms with Crippen LogP contribution in [0.1, 0.15) is 12.5 Å². The molecular formula is C15H18. The molecule has 1 rings (SSSR count). The van der Waals surface area contributed by atoms with Crippen LogP contribution in [0.2, 0.25) is 0 Å². The Morgan fingerprint density at radius 1 is 1.13 bits per heavy atom. The smallest absolute Gasteiger partial charge is 0.0263 e. The minimum absolute atomic E-state index is 1.06. The Morgan fingerprint density at radius 3 is 2.00 bits per heavy atom. The highest BCUT2D eigenvalue weighted by molar-refractivity contribution is 5.45. The SMILES string of the molecule is C=CC=CC(=C)C.C=Cc1ccccc1. The van der Waals surface area contributed by atoms with Crippen LogP contribution in [0.25, 0.3) is 6.08 Å². The van der Waals surface area contributed by atoms with Gasteiger partial charge in [0.1, 0.15) is 0 Å². The van der Waals surface area contributed by atoms with Gasteiger partial charge in [0.05, 0.1) is 0 Å². The van der Waals surface area contributed by atoms with Crippen LogP contribution in [-0.4, -0.2) is 0 Å². The number of hydrogen-bond donors (Lipinski definition) is 0. The van der Waals surface area contributed by atoms with Gasteiger partial charge < -0.3 is 0 Å². The topological polar surface area (TPSA) is 0 Å². The molecular weight excluding hydrogens is 180 g/mol. The Balaban J connectivity index is 0.000000265. The molecule has 0 aliphatic carbocycles. The van der Waals surface area contributed by atoms with Gasteiger partial charge in [-0.15, -0.1) is 0 Å². The Kier molecular flexibility index (Phi) is 7.70. The van der Waals surface area contributed by atoms with Crippen molar-refractivity contribution in [2.24, 2.45) is 0 Å². The Labute approximate surface area is 93.0 Å². The first-order valence-corrected chi connectivity index (χ1v) is 4.82. The van der Waals surface area contributed by atoms with Gasteiger partial charge >= 0.3 is 0 Å². The third-order valence-corrected chi connectivity index (χ3v) is 1.55. The predicted octanol–water partition coefficient (Wildman–Crippen LogP) is 4.63.